The van der Waals surface area contributed by atoms with E-state index >= 15 is 0 Å². The fourth-order valence-corrected chi connectivity index (χ4v) is 3.81. The standard InChI is InChI=1S/C21H25FN2O2S/c1-25-17-11-12-19(20(13-17)26-2)23-21(27)24(16-8-4-5-9-16)14-15-7-3-6-10-18(15)22/h3,6-7,10-13,16H,4-5,8-9,14H2,1-2H3,(H,23,27). The van der Waals surface area contributed by atoms with Gasteiger partial charge in [0.25, 0.3) is 0 Å². The molecule has 1 saturated carbocycles. The van der Waals surface area contributed by atoms with Gasteiger partial charge in [-0.3, -0.25) is 0 Å². The first-order valence-electron chi connectivity index (χ1n) is 9.15. The summed E-state index contributed by atoms with van der Waals surface area (Å²) in [4.78, 5) is 2.10. The average molecular weight is 389 g/mol. The van der Waals surface area contributed by atoms with Gasteiger partial charge < -0.3 is 19.7 Å². The van der Waals surface area contributed by atoms with Crippen LogP contribution in [0, 0.1) is 5.82 Å². The molecule has 2 aromatic carbocycles. The van der Waals surface area contributed by atoms with E-state index in [2.05, 4.69) is 10.2 Å². The van der Waals surface area contributed by atoms with Gasteiger partial charge in [0.2, 0.25) is 0 Å². The molecule has 0 atom stereocenters. The Hall–Kier alpha value is -2.34. The van der Waals surface area contributed by atoms with E-state index in [0.717, 1.165) is 18.5 Å². The van der Waals surface area contributed by atoms with Crippen molar-refractivity contribution in [2.24, 2.45) is 0 Å². The van der Waals surface area contributed by atoms with E-state index in [1.54, 1.807) is 20.3 Å². The van der Waals surface area contributed by atoms with Crippen LogP contribution in [0.3, 0.4) is 0 Å². The Morgan fingerprint density at radius 1 is 1.15 bits per heavy atom. The summed E-state index contributed by atoms with van der Waals surface area (Å²) in [6, 6.07) is 12.7. The number of methoxy groups -OCH3 is 2. The zero-order valence-corrected chi connectivity index (χ0v) is 16.5. The number of halogens is 1. The van der Waals surface area contributed by atoms with Crippen LogP contribution in [-0.2, 0) is 6.54 Å². The Kier molecular flexibility index (Phi) is 6.50. The van der Waals surface area contributed by atoms with E-state index in [9.17, 15) is 4.39 Å². The molecule has 4 nitrogen and oxygen atoms in total. The lowest BCUT2D eigenvalue weighted by Crippen LogP contribution is -2.41. The van der Waals surface area contributed by atoms with Crippen LogP contribution >= 0.6 is 12.2 Å². The van der Waals surface area contributed by atoms with Gasteiger partial charge in [-0.05, 0) is 43.3 Å². The highest BCUT2D eigenvalue weighted by molar-refractivity contribution is 7.80. The number of hydrogen-bond acceptors (Lipinski definition) is 3. The minimum atomic E-state index is -0.203. The molecule has 0 bridgehead atoms. The predicted molar refractivity (Wildman–Crippen MR) is 110 cm³/mol. The third-order valence-corrected chi connectivity index (χ3v) is 5.31. The molecule has 1 N–H and O–H groups in total. The van der Waals surface area contributed by atoms with Crippen LogP contribution in [0.1, 0.15) is 31.2 Å². The Morgan fingerprint density at radius 3 is 2.56 bits per heavy atom. The normalized spacial score (nSPS) is 14.0. The van der Waals surface area contributed by atoms with Crippen LogP contribution in [0.25, 0.3) is 0 Å². The van der Waals surface area contributed by atoms with Crippen molar-refractivity contribution < 1.29 is 13.9 Å². The van der Waals surface area contributed by atoms with E-state index in [1.165, 1.54) is 18.9 Å². The highest BCUT2D eigenvalue weighted by Gasteiger charge is 2.26. The van der Waals surface area contributed by atoms with Crippen molar-refractivity contribution in [1.82, 2.24) is 4.90 Å². The minimum Gasteiger partial charge on any atom is -0.497 e. The number of nitrogens with one attached hydrogen (secondary N) is 1. The molecule has 2 aromatic rings. The second kappa shape index (κ2) is 9.04. The molecule has 1 fully saturated rings. The Labute approximate surface area is 165 Å². The third-order valence-electron chi connectivity index (χ3n) is 4.98. The molecular formula is C21H25FN2O2S. The second-order valence-electron chi connectivity index (χ2n) is 6.65. The summed E-state index contributed by atoms with van der Waals surface area (Å²) in [5.41, 5.74) is 1.41. The molecule has 1 aliphatic carbocycles. The molecule has 0 unspecified atom stereocenters. The molecular weight excluding hydrogens is 363 g/mol. The number of rotatable bonds is 6. The van der Waals surface area contributed by atoms with Crippen molar-refractivity contribution in [2.75, 3.05) is 19.5 Å². The van der Waals surface area contributed by atoms with Crippen LogP contribution in [0.5, 0.6) is 11.5 Å². The average Bonchev–Trinajstić information content (AvgIpc) is 3.22. The van der Waals surface area contributed by atoms with Gasteiger partial charge >= 0.3 is 0 Å². The number of benzene rings is 2. The summed E-state index contributed by atoms with van der Waals surface area (Å²) in [7, 11) is 3.22. The number of thiocarbonyl (C=S) groups is 1. The Morgan fingerprint density at radius 2 is 1.89 bits per heavy atom. The molecule has 144 valence electrons. The Bertz CT molecular complexity index is 794. The fraction of sp³-hybridized carbons (Fsp3) is 0.381. The van der Waals surface area contributed by atoms with Gasteiger partial charge in [-0.2, -0.15) is 0 Å². The number of hydrogen-bond donors (Lipinski definition) is 1. The number of anilines is 1. The van der Waals surface area contributed by atoms with E-state index in [4.69, 9.17) is 21.7 Å². The molecule has 0 heterocycles. The summed E-state index contributed by atoms with van der Waals surface area (Å²) in [5.74, 6) is 1.15. The smallest absolute Gasteiger partial charge is 0.174 e. The van der Waals surface area contributed by atoms with Gasteiger partial charge in [0.15, 0.2) is 5.11 Å². The third kappa shape index (κ3) is 4.69. The second-order valence-corrected chi connectivity index (χ2v) is 7.04. The quantitative estimate of drug-likeness (QED) is 0.706. The first-order valence-corrected chi connectivity index (χ1v) is 9.56. The molecule has 6 heteroatoms. The van der Waals surface area contributed by atoms with Crippen LogP contribution in [0.15, 0.2) is 42.5 Å². The molecule has 0 spiro atoms. The molecule has 1 aliphatic rings. The lowest BCUT2D eigenvalue weighted by atomic mass is 10.1. The molecule has 0 aromatic heterocycles. The van der Waals surface area contributed by atoms with Crippen molar-refractivity contribution >= 4 is 23.0 Å². The van der Waals surface area contributed by atoms with Crippen molar-refractivity contribution in [2.45, 2.75) is 38.3 Å². The largest absolute Gasteiger partial charge is 0.497 e. The van der Waals surface area contributed by atoms with Gasteiger partial charge in [0, 0.05) is 24.2 Å². The van der Waals surface area contributed by atoms with Gasteiger partial charge in [-0.15, -0.1) is 0 Å². The van der Waals surface area contributed by atoms with Crippen molar-refractivity contribution in [3.63, 3.8) is 0 Å². The van der Waals surface area contributed by atoms with E-state index in [1.807, 2.05) is 30.3 Å². The zero-order valence-electron chi connectivity index (χ0n) is 15.7. The maximum Gasteiger partial charge on any atom is 0.174 e. The molecule has 0 amide bonds. The Balaban J connectivity index is 1.82. The van der Waals surface area contributed by atoms with Gasteiger partial charge in [0.05, 0.1) is 19.9 Å². The summed E-state index contributed by atoms with van der Waals surface area (Å²) in [6.45, 7) is 0.446. The maximum atomic E-state index is 14.2. The molecule has 3 rings (SSSR count). The van der Waals surface area contributed by atoms with E-state index in [-0.39, 0.29) is 5.82 Å². The van der Waals surface area contributed by atoms with Gasteiger partial charge in [-0.25, -0.2) is 4.39 Å². The predicted octanol–water partition coefficient (Wildman–Crippen LogP) is 4.98. The zero-order chi connectivity index (χ0) is 19.2. The minimum absolute atomic E-state index is 0.203. The highest BCUT2D eigenvalue weighted by atomic mass is 32.1. The van der Waals surface area contributed by atoms with Crippen LogP contribution in [0.2, 0.25) is 0 Å². The summed E-state index contributed by atoms with van der Waals surface area (Å²) < 4.78 is 24.9. The van der Waals surface area contributed by atoms with Gasteiger partial charge in [0.1, 0.15) is 17.3 Å². The lowest BCUT2D eigenvalue weighted by molar-refractivity contribution is 0.308. The monoisotopic (exact) mass is 388 g/mol. The molecule has 27 heavy (non-hydrogen) atoms. The first-order chi connectivity index (χ1) is 13.1. The van der Waals surface area contributed by atoms with Crippen molar-refractivity contribution in [3.8, 4) is 11.5 Å². The molecule has 0 saturated heterocycles. The highest BCUT2D eigenvalue weighted by Crippen LogP contribution is 2.31. The summed E-state index contributed by atoms with van der Waals surface area (Å²) >= 11 is 5.71. The van der Waals surface area contributed by atoms with Gasteiger partial charge in [-0.1, -0.05) is 31.0 Å². The topological polar surface area (TPSA) is 33.7 Å². The number of nitrogens with zero attached hydrogens (tertiary/aromatic N) is 1. The van der Waals surface area contributed by atoms with Crippen LogP contribution < -0.4 is 14.8 Å². The van der Waals surface area contributed by atoms with Crippen molar-refractivity contribution in [3.05, 3.63) is 53.8 Å². The summed E-state index contributed by atoms with van der Waals surface area (Å²) in [6.07, 6.45) is 4.48. The first kappa shape index (κ1) is 19.4. The van der Waals surface area contributed by atoms with E-state index < -0.39 is 0 Å². The SMILES string of the molecule is COc1ccc(NC(=S)N(Cc2ccccc2F)C2CCCC2)c(OC)c1. The number of ether oxygens (including phenoxy) is 2. The molecule has 0 aliphatic heterocycles. The van der Waals surface area contributed by atoms with Crippen LogP contribution in [0.4, 0.5) is 10.1 Å². The fourth-order valence-electron chi connectivity index (χ4n) is 3.48. The lowest BCUT2D eigenvalue weighted by Gasteiger charge is -2.32. The van der Waals surface area contributed by atoms with Crippen molar-refractivity contribution in [1.29, 1.82) is 0 Å². The van der Waals surface area contributed by atoms with E-state index in [0.29, 0.717) is 34.8 Å². The van der Waals surface area contributed by atoms with Crippen LogP contribution in [-0.4, -0.2) is 30.3 Å². The summed E-state index contributed by atoms with van der Waals surface area (Å²) in [5, 5.41) is 3.86. The maximum absolute atomic E-state index is 14.2. The molecule has 0 radical (unpaired) electrons.